The molecular formula is C17H25NO2. The number of aliphatic hydroxyl groups is 1. The Kier molecular flexibility index (Phi) is 4.48. The molecule has 3 nitrogen and oxygen atoms in total. The summed E-state index contributed by atoms with van der Waals surface area (Å²) in [6.45, 7) is 9.42. The molecule has 1 saturated heterocycles. The van der Waals surface area contributed by atoms with Crippen LogP contribution < -0.4 is 0 Å². The minimum atomic E-state index is -0.268. The molecule has 0 radical (unpaired) electrons. The Morgan fingerprint density at radius 2 is 1.70 bits per heavy atom. The second-order valence-corrected chi connectivity index (χ2v) is 6.14. The van der Waals surface area contributed by atoms with Crippen molar-refractivity contribution in [3.8, 4) is 0 Å². The molecule has 3 heteroatoms. The van der Waals surface area contributed by atoms with E-state index in [9.17, 15) is 9.90 Å². The normalized spacial score (nSPS) is 18.1. The molecule has 1 aliphatic heterocycles. The quantitative estimate of drug-likeness (QED) is 0.901. The Bertz CT molecular complexity index is 477. The molecule has 1 atom stereocenters. The Morgan fingerprint density at radius 1 is 1.20 bits per heavy atom. The highest BCUT2D eigenvalue weighted by Gasteiger charge is 2.27. The first-order valence-electron chi connectivity index (χ1n) is 7.45. The largest absolute Gasteiger partial charge is 0.393 e. The van der Waals surface area contributed by atoms with Crippen LogP contribution in [0.1, 0.15) is 46.8 Å². The van der Waals surface area contributed by atoms with Crippen LogP contribution in [-0.4, -0.2) is 35.1 Å². The predicted molar refractivity (Wildman–Crippen MR) is 81.0 cm³/mol. The summed E-state index contributed by atoms with van der Waals surface area (Å²) < 4.78 is 0. The summed E-state index contributed by atoms with van der Waals surface area (Å²) in [5, 5.41) is 9.63. The summed E-state index contributed by atoms with van der Waals surface area (Å²) in [4.78, 5) is 14.6. The number of aryl methyl sites for hydroxylation is 3. The third-order valence-electron chi connectivity index (χ3n) is 4.40. The van der Waals surface area contributed by atoms with Gasteiger partial charge in [0.2, 0.25) is 0 Å². The first-order chi connectivity index (χ1) is 9.40. The molecular weight excluding hydrogens is 250 g/mol. The summed E-state index contributed by atoms with van der Waals surface area (Å²) in [7, 11) is 0. The van der Waals surface area contributed by atoms with Crippen LogP contribution in [0.2, 0.25) is 0 Å². The van der Waals surface area contributed by atoms with E-state index in [1.54, 1.807) is 0 Å². The number of nitrogens with zero attached hydrogens (tertiary/aromatic N) is 1. The van der Waals surface area contributed by atoms with Crippen molar-refractivity contribution in [3.05, 3.63) is 34.4 Å². The molecule has 1 aromatic rings. The standard InChI is InChI=1S/C17H25NO2/c1-11-9-12(2)16(13(3)10-11)17(20)18-7-5-15(6-8-18)14(4)19/h9-10,14-15,19H,5-8H2,1-4H3. The Labute approximate surface area is 121 Å². The van der Waals surface area contributed by atoms with Crippen molar-refractivity contribution in [2.45, 2.75) is 46.6 Å². The van der Waals surface area contributed by atoms with E-state index >= 15 is 0 Å². The number of likely N-dealkylation sites (tertiary alicyclic amines) is 1. The van der Waals surface area contributed by atoms with E-state index in [0.717, 1.165) is 42.6 Å². The number of aliphatic hydroxyl groups excluding tert-OH is 1. The van der Waals surface area contributed by atoms with Crippen molar-refractivity contribution in [1.82, 2.24) is 4.90 Å². The number of amides is 1. The van der Waals surface area contributed by atoms with Crippen molar-refractivity contribution < 1.29 is 9.90 Å². The molecule has 2 rings (SSSR count). The smallest absolute Gasteiger partial charge is 0.254 e. The molecule has 0 spiro atoms. The van der Waals surface area contributed by atoms with Crippen LogP contribution >= 0.6 is 0 Å². The maximum absolute atomic E-state index is 12.7. The van der Waals surface area contributed by atoms with E-state index in [1.165, 1.54) is 5.56 Å². The van der Waals surface area contributed by atoms with Crippen LogP contribution in [0.4, 0.5) is 0 Å². The zero-order valence-corrected chi connectivity index (χ0v) is 12.9. The number of rotatable bonds is 2. The minimum absolute atomic E-state index is 0.143. The zero-order chi connectivity index (χ0) is 14.9. The maximum Gasteiger partial charge on any atom is 0.254 e. The van der Waals surface area contributed by atoms with Crippen LogP contribution in [-0.2, 0) is 0 Å². The molecule has 20 heavy (non-hydrogen) atoms. The van der Waals surface area contributed by atoms with Gasteiger partial charge in [-0.25, -0.2) is 0 Å². The molecule has 1 N–H and O–H groups in total. The second kappa shape index (κ2) is 5.96. The first kappa shape index (κ1) is 15.0. The monoisotopic (exact) mass is 275 g/mol. The van der Waals surface area contributed by atoms with Crippen LogP contribution in [0.25, 0.3) is 0 Å². The lowest BCUT2D eigenvalue weighted by Gasteiger charge is -2.34. The van der Waals surface area contributed by atoms with Crippen molar-refractivity contribution >= 4 is 5.91 Å². The molecule has 0 bridgehead atoms. The minimum Gasteiger partial charge on any atom is -0.393 e. The van der Waals surface area contributed by atoms with Gasteiger partial charge in [-0.2, -0.15) is 0 Å². The van der Waals surface area contributed by atoms with Gasteiger partial charge in [-0.3, -0.25) is 4.79 Å². The van der Waals surface area contributed by atoms with Crippen LogP contribution in [0.3, 0.4) is 0 Å². The van der Waals surface area contributed by atoms with Gasteiger partial charge in [0, 0.05) is 18.7 Å². The molecule has 1 fully saturated rings. The number of carbonyl (C=O) groups is 1. The number of piperidine rings is 1. The van der Waals surface area contributed by atoms with Gasteiger partial charge >= 0.3 is 0 Å². The Morgan fingerprint density at radius 3 is 2.15 bits per heavy atom. The zero-order valence-electron chi connectivity index (χ0n) is 12.9. The fourth-order valence-electron chi connectivity index (χ4n) is 3.26. The van der Waals surface area contributed by atoms with Crippen LogP contribution in [0.5, 0.6) is 0 Å². The molecule has 1 aliphatic rings. The molecule has 1 amide bonds. The van der Waals surface area contributed by atoms with E-state index < -0.39 is 0 Å². The van der Waals surface area contributed by atoms with Crippen molar-refractivity contribution in [2.75, 3.05) is 13.1 Å². The van der Waals surface area contributed by atoms with Gasteiger partial charge in [0.1, 0.15) is 0 Å². The van der Waals surface area contributed by atoms with Crippen LogP contribution in [0, 0.1) is 26.7 Å². The number of benzene rings is 1. The van der Waals surface area contributed by atoms with Gasteiger partial charge < -0.3 is 10.0 Å². The fourth-order valence-corrected chi connectivity index (χ4v) is 3.26. The van der Waals surface area contributed by atoms with Gasteiger partial charge in [-0.15, -0.1) is 0 Å². The summed E-state index contributed by atoms with van der Waals surface area (Å²) in [6, 6.07) is 4.14. The summed E-state index contributed by atoms with van der Waals surface area (Å²) >= 11 is 0. The Hall–Kier alpha value is -1.35. The van der Waals surface area contributed by atoms with Gasteiger partial charge in [0.05, 0.1) is 6.10 Å². The van der Waals surface area contributed by atoms with Gasteiger partial charge in [0.15, 0.2) is 0 Å². The van der Waals surface area contributed by atoms with Gasteiger partial charge in [0.25, 0.3) is 5.91 Å². The van der Waals surface area contributed by atoms with E-state index in [-0.39, 0.29) is 12.0 Å². The fraction of sp³-hybridized carbons (Fsp3) is 0.588. The lowest BCUT2D eigenvalue weighted by molar-refractivity contribution is 0.0520. The molecule has 1 unspecified atom stereocenters. The maximum atomic E-state index is 12.7. The third-order valence-corrected chi connectivity index (χ3v) is 4.40. The summed E-state index contributed by atoms with van der Waals surface area (Å²) in [5.74, 6) is 0.475. The molecule has 0 saturated carbocycles. The summed E-state index contributed by atoms with van der Waals surface area (Å²) in [6.07, 6.45) is 1.52. The van der Waals surface area contributed by atoms with Crippen molar-refractivity contribution in [1.29, 1.82) is 0 Å². The molecule has 0 aromatic heterocycles. The summed E-state index contributed by atoms with van der Waals surface area (Å²) in [5.41, 5.74) is 4.17. The average molecular weight is 275 g/mol. The van der Waals surface area contributed by atoms with Crippen molar-refractivity contribution in [3.63, 3.8) is 0 Å². The first-order valence-corrected chi connectivity index (χ1v) is 7.45. The average Bonchev–Trinajstić information content (AvgIpc) is 2.37. The third kappa shape index (κ3) is 3.04. The number of hydrogen-bond donors (Lipinski definition) is 1. The van der Waals surface area contributed by atoms with E-state index in [0.29, 0.717) is 5.92 Å². The lowest BCUT2D eigenvalue weighted by atomic mass is 9.91. The lowest BCUT2D eigenvalue weighted by Crippen LogP contribution is -2.41. The highest BCUT2D eigenvalue weighted by Crippen LogP contribution is 2.24. The number of hydrogen-bond acceptors (Lipinski definition) is 2. The molecule has 110 valence electrons. The van der Waals surface area contributed by atoms with Gasteiger partial charge in [-0.05, 0) is 57.6 Å². The second-order valence-electron chi connectivity index (χ2n) is 6.14. The highest BCUT2D eigenvalue weighted by atomic mass is 16.3. The van der Waals surface area contributed by atoms with Crippen molar-refractivity contribution in [2.24, 2.45) is 5.92 Å². The number of carbonyl (C=O) groups excluding carboxylic acids is 1. The predicted octanol–water partition coefficient (Wildman–Crippen LogP) is 2.84. The highest BCUT2D eigenvalue weighted by molar-refractivity contribution is 5.97. The molecule has 0 aliphatic carbocycles. The van der Waals surface area contributed by atoms with Crippen LogP contribution in [0.15, 0.2) is 12.1 Å². The Balaban J connectivity index is 2.14. The molecule has 1 heterocycles. The van der Waals surface area contributed by atoms with Gasteiger partial charge in [-0.1, -0.05) is 17.7 Å². The van der Waals surface area contributed by atoms with E-state index in [1.807, 2.05) is 25.7 Å². The topological polar surface area (TPSA) is 40.5 Å². The van der Waals surface area contributed by atoms with E-state index in [2.05, 4.69) is 19.1 Å². The SMILES string of the molecule is Cc1cc(C)c(C(=O)N2CCC(C(C)O)CC2)c(C)c1. The molecule has 1 aromatic carbocycles. The van der Waals surface area contributed by atoms with E-state index in [4.69, 9.17) is 0 Å².